The number of ether oxygens (including phenoxy) is 1. The molecule has 0 aliphatic carbocycles. The molecular weight excluding hydrogens is 210 g/mol. The van der Waals surface area contributed by atoms with Crippen molar-refractivity contribution in [2.45, 2.75) is 26.9 Å². The lowest BCUT2D eigenvalue weighted by atomic mass is 10.1. The molecule has 0 aliphatic heterocycles. The van der Waals surface area contributed by atoms with Gasteiger partial charge in [-0.25, -0.2) is 0 Å². The Balaban J connectivity index is 3.09. The van der Waals surface area contributed by atoms with Crippen LogP contribution < -0.4 is 4.74 Å². The maximum atomic E-state index is 10.8. The second-order valence-corrected chi connectivity index (χ2v) is 3.85. The van der Waals surface area contributed by atoms with E-state index in [2.05, 4.69) is 0 Å². The predicted molar refractivity (Wildman–Crippen MR) is 59.7 cm³/mol. The van der Waals surface area contributed by atoms with Crippen LogP contribution in [0.2, 0.25) is 0 Å². The van der Waals surface area contributed by atoms with Crippen LogP contribution >= 0.6 is 0 Å². The molecule has 0 fully saturated rings. The highest BCUT2D eigenvalue weighted by atomic mass is 16.6. The van der Waals surface area contributed by atoms with Crippen molar-refractivity contribution in [1.82, 2.24) is 0 Å². The first-order chi connectivity index (χ1) is 7.41. The summed E-state index contributed by atoms with van der Waals surface area (Å²) in [4.78, 5) is 10.4. The summed E-state index contributed by atoms with van der Waals surface area (Å²) in [6.45, 7) is 5.15. The molecule has 16 heavy (non-hydrogen) atoms. The number of hydrogen-bond donors (Lipinski definition) is 1. The molecule has 5 nitrogen and oxygen atoms in total. The fraction of sp³-hybridized carbons (Fsp3) is 0.455. The van der Waals surface area contributed by atoms with E-state index in [0.717, 1.165) is 5.56 Å². The predicted octanol–water partition coefficient (Wildman–Crippen LogP) is 1.97. The van der Waals surface area contributed by atoms with E-state index in [4.69, 9.17) is 9.84 Å². The molecule has 0 bridgehead atoms. The van der Waals surface area contributed by atoms with Gasteiger partial charge in [0.2, 0.25) is 0 Å². The van der Waals surface area contributed by atoms with Crippen LogP contribution in [0.1, 0.15) is 18.1 Å². The molecule has 0 saturated carbocycles. The first-order valence-corrected chi connectivity index (χ1v) is 4.98. The molecule has 1 unspecified atom stereocenters. The molecule has 0 heterocycles. The average molecular weight is 225 g/mol. The van der Waals surface area contributed by atoms with Crippen LogP contribution in [0, 0.1) is 24.0 Å². The highest BCUT2D eigenvalue weighted by Crippen LogP contribution is 2.31. The van der Waals surface area contributed by atoms with Gasteiger partial charge in [-0.15, -0.1) is 0 Å². The summed E-state index contributed by atoms with van der Waals surface area (Å²) >= 11 is 0. The molecular formula is C11H15NO4. The van der Waals surface area contributed by atoms with Gasteiger partial charge in [0.05, 0.1) is 11.0 Å². The summed E-state index contributed by atoms with van der Waals surface area (Å²) in [5.74, 6) is 0.233. The Labute approximate surface area is 93.8 Å². The molecule has 88 valence electrons. The number of aliphatic hydroxyl groups is 1. The SMILES string of the molecule is Cc1cc(C)c(OCC(C)O)c([N+](=O)[O-])c1. The van der Waals surface area contributed by atoms with Gasteiger partial charge in [0.1, 0.15) is 6.61 Å². The topological polar surface area (TPSA) is 72.6 Å². The van der Waals surface area contributed by atoms with Gasteiger partial charge in [0.15, 0.2) is 5.75 Å². The quantitative estimate of drug-likeness (QED) is 0.628. The highest BCUT2D eigenvalue weighted by molar-refractivity contribution is 5.53. The van der Waals surface area contributed by atoms with Crippen LogP contribution in [0.15, 0.2) is 12.1 Å². The van der Waals surface area contributed by atoms with Gasteiger partial charge in [0, 0.05) is 6.07 Å². The van der Waals surface area contributed by atoms with E-state index in [1.54, 1.807) is 20.8 Å². The Morgan fingerprint density at radius 1 is 1.50 bits per heavy atom. The van der Waals surface area contributed by atoms with Crippen molar-refractivity contribution in [3.8, 4) is 5.75 Å². The number of benzene rings is 1. The first-order valence-electron chi connectivity index (χ1n) is 4.98. The van der Waals surface area contributed by atoms with Crippen molar-refractivity contribution in [3.63, 3.8) is 0 Å². The van der Waals surface area contributed by atoms with Crippen molar-refractivity contribution in [2.24, 2.45) is 0 Å². The standard InChI is InChI=1S/C11H15NO4/c1-7-4-8(2)11(16-6-9(3)13)10(5-7)12(14)15/h4-5,9,13H,6H2,1-3H3. The van der Waals surface area contributed by atoms with Gasteiger partial charge in [-0.1, -0.05) is 6.07 Å². The van der Waals surface area contributed by atoms with Crippen molar-refractivity contribution in [2.75, 3.05) is 6.61 Å². The number of aryl methyl sites for hydroxylation is 2. The minimum atomic E-state index is -0.652. The van der Waals surface area contributed by atoms with Crippen molar-refractivity contribution in [3.05, 3.63) is 33.4 Å². The van der Waals surface area contributed by atoms with Crippen molar-refractivity contribution < 1.29 is 14.8 Å². The molecule has 1 rings (SSSR count). The number of nitro groups is 1. The zero-order chi connectivity index (χ0) is 12.3. The molecule has 1 aromatic rings. The van der Waals surface area contributed by atoms with Crippen LogP contribution in [0.3, 0.4) is 0 Å². The number of nitrogens with zero attached hydrogens (tertiary/aromatic N) is 1. The molecule has 0 saturated heterocycles. The normalized spacial score (nSPS) is 12.2. The second kappa shape index (κ2) is 4.94. The Kier molecular flexibility index (Phi) is 3.84. The number of hydrogen-bond acceptors (Lipinski definition) is 4. The Hall–Kier alpha value is -1.62. The van der Waals surface area contributed by atoms with Crippen LogP contribution in [-0.2, 0) is 0 Å². The second-order valence-electron chi connectivity index (χ2n) is 3.85. The summed E-state index contributed by atoms with van der Waals surface area (Å²) in [5, 5.41) is 19.9. The summed E-state index contributed by atoms with van der Waals surface area (Å²) < 4.78 is 5.25. The zero-order valence-electron chi connectivity index (χ0n) is 9.56. The fourth-order valence-corrected chi connectivity index (χ4v) is 1.46. The average Bonchev–Trinajstić information content (AvgIpc) is 2.14. The molecule has 0 spiro atoms. The largest absolute Gasteiger partial charge is 0.484 e. The van der Waals surface area contributed by atoms with Gasteiger partial charge in [-0.2, -0.15) is 0 Å². The first kappa shape index (κ1) is 12.4. The smallest absolute Gasteiger partial charge is 0.311 e. The van der Waals surface area contributed by atoms with E-state index in [1.165, 1.54) is 6.07 Å². The molecule has 0 radical (unpaired) electrons. The maximum Gasteiger partial charge on any atom is 0.311 e. The van der Waals surface area contributed by atoms with E-state index in [0.29, 0.717) is 5.56 Å². The highest BCUT2D eigenvalue weighted by Gasteiger charge is 2.18. The Morgan fingerprint density at radius 3 is 2.62 bits per heavy atom. The van der Waals surface area contributed by atoms with E-state index in [1.807, 2.05) is 6.07 Å². The van der Waals surface area contributed by atoms with Gasteiger partial charge in [-0.05, 0) is 31.9 Å². The van der Waals surface area contributed by atoms with Gasteiger partial charge in [-0.3, -0.25) is 10.1 Å². The molecule has 5 heteroatoms. The van der Waals surface area contributed by atoms with E-state index in [9.17, 15) is 10.1 Å². The van der Waals surface area contributed by atoms with E-state index in [-0.39, 0.29) is 18.0 Å². The summed E-state index contributed by atoms with van der Waals surface area (Å²) in [6, 6.07) is 3.27. The maximum absolute atomic E-state index is 10.8. The lowest BCUT2D eigenvalue weighted by Crippen LogP contribution is -2.14. The van der Waals surface area contributed by atoms with Crippen LogP contribution in [-0.4, -0.2) is 22.7 Å². The summed E-state index contributed by atoms with van der Waals surface area (Å²) in [7, 11) is 0. The molecule has 1 N–H and O–H groups in total. The molecule has 0 aliphatic rings. The Bertz CT molecular complexity index is 401. The third kappa shape index (κ3) is 2.93. The lowest BCUT2D eigenvalue weighted by molar-refractivity contribution is -0.386. The lowest BCUT2D eigenvalue weighted by Gasteiger charge is -2.11. The number of rotatable bonds is 4. The third-order valence-electron chi connectivity index (χ3n) is 2.06. The minimum absolute atomic E-state index is 0.0464. The molecule has 0 amide bonds. The van der Waals surface area contributed by atoms with E-state index < -0.39 is 11.0 Å². The molecule has 1 aromatic carbocycles. The van der Waals surface area contributed by atoms with E-state index >= 15 is 0 Å². The molecule has 0 aromatic heterocycles. The number of aliphatic hydroxyl groups excluding tert-OH is 1. The van der Waals surface area contributed by atoms with Crippen molar-refractivity contribution >= 4 is 5.69 Å². The summed E-state index contributed by atoms with van der Waals surface area (Å²) in [6.07, 6.45) is -0.652. The minimum Gasteiger partial charge on any atom is -0.484 e. The van der Waals surface area contributed by atoms with Crippen molar-refractivity contribution in [1.29, 1.82) is 0 Å². The fourth-order valence-electron chi connectivity index (χ4n) is 1.46. The zero-order valence-corrected chi connectivity index (χ0v) is 9.56. The van der Waals surface area contributed by atoms with Crippen LogP contribution in [0.5, 0.6) is 5.75 Å². The van der Waals surface area contributed by atoms with Crippen LogP contribution in [0.25, 0.3) is 0 Å². The van der Waals surface area contributed by atoms with Gasteiger partial charge < -0.3 is 9.84 Å². The monoisotopic (exact) mass is 225 g/mol. The third-order valence-corrected chi connectivity index (χ3v) is 2.06. The Morgan fingerprint density at radius 2 is 2.12 bits per heavy atom. The summed E-state index contributed by atoms with van der Waals surface area (Å²) in [5.41, 5.74) is 1.46. The van der Waals surface area contributed by atoms with Gasteiger partial charge in [0.25, 0.3) is 0 Å². The number of nitro benzene ring substituents is 1. The molecule has 1 atom stereocenters. The van der Waals surface area contributed by atoms with Crippen LogP contribution in [0.4, 0.5) is 5.69 Å². The van der Waals surface area contributed by atoms with Gasteiger partial charge >= 0.3 is 5.69 Å².